The number of nitrogens with two attached hydrogens (primary N) is 1. The summed E-state index contributed by atoms with van der Waals surface area (Å²) in [7, 11) is 1.92. The lowest BCUT2D eigenvalue weighted by atomic mass is 9.92. The minimum absolute atomic E-state index is 0.468. The Kier molecular flexibility index (Phi) is 4.17. The minimum Gasteiger partial charge on any atom is -0.383 e. The van der Waals surface area contributed by atoms with Crippen LogP contribution in [0.25, 0.3) is 11.1 Å². The van der Waals surface area contributed by atoms with Crippen molar-refractivity contribution in [2.45, 2.75) is 46.5 Å². The van der Waals surface area contributed by atoms with E-state index >= 15 is 0 Å². The SMILES string of the molecule is CCC(CC)c1nn(C)c(N)c1-c1ccc(C)c(C)c1. The normalized spacial score (nSPS) is 11.3. The molecule has 1 heterocycles. The van der Waals surface area contributed by atoms with Crippen molar-refractivity contribution in [3.05, 3.63) is 35.0 Å². The van der Waals surface area contributed by atoms with Crippen LogP contribution >= 0.6 is 0 Å². The van der Waals surface area contributed by atoms with Gasteiger partial charge >= 0.3 is 0 Å². The van der Waals surface area contributed by atoms with Crippen LogP contribution in [0.5, 0.6) is 0 Å². The summed E-state index contributed by atoms with van der Waals surface area (Å²) in [5, 5.41) is 4.67. The number of rotatable bonds is 4. The van der Waals surface area contributed by atoms with Gasteiger partial charge in [-0.3, -0.25) is 4.68 Å². The molecule has 0 aliphatic heterocycles. The molecule has 108 valence electrons. The number of benzene rings is 1. The minimum atomic E-state index is 0.468. The maximum atomic E-state index is 6.27. The van der Waals surface area contributed by atoms with Crippen LogP contribution in [0.3, 0.4) is 0 Å². The molecule has 3 heteroatoms. The summed E-state index contributed by atoms with van der Waals surface area (Å²) < 4.78 is 1.80. The second kappa shape index (κ2) is 5.70. The summed E-state index contributed by atoms with van der Waals surface area (Å²) in [5.41, 5.74) is 12.3. The predicted molar refractivity (Wildman–Crippen MR) is 85.9 cm³/mol. The molecular weight excluding hydrogens is 246 g/mol. The van der Waals surface area contributed by atoms with E-state index in [1.165, 1.54) is 16.7 Å². The Balaban J connectivity index is 2.62. The van der Waals surface area contributed by atoms with Crippen LogP contribution in [0, 0.1) is 13.8 Å². The van der Waals surface area contributed by atoms with Gasteiger partial charge in [-0.25, -0.2) is 0 Å². The van der Waals surface area contributed by atoms with Crippen LogP contribution in [-0.4, -0.2) is 9.78 Å². The molecule has 0 aliphatic carbocycles. The quantitative estimate of drug-likeness (QED) is 0.906. The summed E-state index contributed by atoms with van der Waals surface area (Å²) in [4.78, 5) is 0. The number of anilines is 1. The van der Waals surface area contributed by atoms with Crippen LogP contribution in [0.15, 0.2) is 18.2 Å². The summed E-state index contributed by atoms with van der Waals surface area (Å²) in [5.74, 6) is 1.23. The predicted octanol–water partition coefficient (Wildman–Crippen LogP) is 4.19. The van der Waals surface area contributed by atoms with Crippen LogP contribution in [0.1, 0.15) is 49.4 Å². The standard InChI is InChI=1S/C17H25N3/c1-6-13(7-2)16-15(17(18)20(5)19-16)14-9-8-11(3)12(4)10-14/h8-10,13H,6-7,18H2,1-5H3. The molecule has 0 bridgehead atoms. The van der Waals surface area contributed by atoms with Gasteiger partial charge in [0.2, 0.25) is 0 Å². The third-order valence-corrected chi connectivity index (χ3v) is 4.29. The number of hydrogen-bond acceptors (Lipinski definition) is 2. The molecule has 0 saturated heterocycles. The van der Waals surface area contributed by atoms with Crippen molar-refractivity contribution < 1.29 is 0 Å². The highest BCUT2D eigenvalue weighted by molar-refractivity contribution is 5.77. The van der Waals surface area contributed by atoms with E-state index in [1.54, 1.807) is 4.68 Å². The Bertz CT molecular complexity index is 607. The van der Waals surface area contributed by atoms with E-state index < -0.39 is 0 Å². The topological polar surface area (TPSA) is 43.8 Å². The van der Waals surface area contributed by atoms with E-state index in [0.29, 0.717) is 5.92 Å². The van der Waals surface area contributed by atoms with Gasteiger partial charge in [-0.15, -0.1) is 0 Å². The molecule has 3 nitrogen and oxygen atoms in total. The largest absolute Gasteiger partial charge is 0.383 e. The first-order chi connectivity index (χ1) is 9.49. The Morgan fingerprint density at radius 2 is 1.80 bits per heavy atom. The molecule has 2 rings (SSSR count). The smallest absolute Gasteiger partial charge is 0.129 e. The van der Waals surface area contributed by atoms with Gasteiger partial charge in [0.25, 0.3) is 0 Å². The number of aromatic nitrogens is 2. The zero-order valence-corrected chi connectivity index (χ0v) is 13.2. The molecule has 0 spiro atoms. The molecule has 0 radical (unpaired) electrons. The van der Waals surface area contributed by atoms with Gasteiger partial charge in [-0.05, 0) is 43.4 Å². The maximum absolute atomic E-state index is 6.27. The van der Waals surface area contributed by atoms with Crippen molar-refractivity contribution in [1.29, 1.82) is 0 Å². The molecule has 2 N–H and O–H groups in total. The third-order valence-electron chi connectivity index (χ3n) is 4.29. The van der Waals surface area contributed by atoms with Crippen LogP contribution in [0.4, 0.5) is 5.82 Å². The maximum Gasteiger partial charge on any atom is 0.129 e. The lowest BCUT2D eigenvalue weighted by Crippen LogP contribution is -2.00. The highest BCUT2D eigenvalue weighted by Crippen LogP contribution is 2.36. The number of hydrogen-bond donors (Lipinski definition) is 1. The van der Waals surface area contributed by atoms with Crippen molar-refractivity contribution in [3.8, 4) is 11.1 Å². The Hall–Kier alpha value is -1.77. The molecule has 20 heavy (non-hydrogen) atoms. The van der Waals surface area contributed by atoms with E-state index in [0.717, 1.165) is 29.9 Å². The van der Waals surface area contributed by atoms with Gasteiger partial charge in [-0.2, -0.15) is 5.10 Å². The highest BCUT2D eigenvalue weighted by Gasteiger charge is 2.21. The van der Waals surface area contributed by atoms with E-state index in [-0.39, 0.29) is 0 Å². The zero-order valence-electron chi connectivity index (χ0n) is 13.2. The monoisotopic (exact) mass is 271 g/mol. The van der Waals surface area contributed by atoms with Gasteiger partial charge < -0.3 is 5.73 Å². The Morgan fingerprint density at radius 1 is 1.15 bits per heavy atom. The summed E-state index contributed by atoms with van der Waals surface area (Å²) >= 11 is 0. The van der Waals surface area contributed by atoms with Gasteiger partial charge in [0.05, 0.1) is 5.69 Å². The molecule has 1 aromatic carbocycles. The van der Waals surface area contributed by atoms with Crippen molar-refractivity contribution in [1.82, 2.24) is 9.78 Å². The number of aryl methyl sites for hydroxylation is 3. The van der Waals surface area contributed by atoms with Crippen molar-refractivity contribution >= 4 is 5.82 Å². The van der Waals surface area contributed by atoms with Crippen molar-refractivity contribution in [3.63, 3.8) is 0 Å². The summed E-state index contributed by atoms with van der Waals surface area (Å²) in [6.07, 6.45) is 2.18. The highest BCUT2D eigenvalue weighted by atomic mass is 15.3. The summed E-state index contributed by atoms with van der Waals surface area (Å²) in [6.45, 7) is 8.70. The van der Waals surface area contributed by atoms with E-state index in [9.17, 15) is 0 Å². The molecular formula is C17H25N3. The van der Waals surface area contributed by atoms with Gasteiger partial charge in [0.15, 0.2) is 0 Å². The molecule has 0 aliphatic rings. The average Bonchev–Trinajstić information content (AvgIpc) is 2.71. The second-order valence-corrected chi connectivity index (χ2v) is 5.58. The van der Waals surface area contributed by atoms with Crippen LogP contribution in [0.2, 0.25) is 0 Å². The fraction of sp³-hybridized carbons (Fsp3) is 0.471. The Morgan fingerprint density at radius 3 is 2.35 bits per heavy atom. The first-order valence-corrected chi connectivity index (χ1v) is 7.39. The lowest BCUT2D eigenvalue weighted by molar-refractivity contribution is 0.606. The number of nitrogen functional groups attached to an aromatic ring is 1. The van der Waals surface area contributed by atoms with Gasteiger partial charge in [-0.1, -0.05) is 32.0 Å². The molecule has 0 fully saturated rings. The molecule has 1 aromatic heterocycles. The van der Waals surface area contributed by atoms with Crippen molar-refractivity contribution in [2.75, 3.05) is 5.73 Å². The third kappa shape index (κ3) is 2.45. The first kappa shape index (κ1) is 14.6. The Labute approximate surface area is 121 Å². The summed E-state index contributed by atoms with van der Waals surface area (Å²) in [6, 6.07) is 6.53. The van der Waals surface area contributed by atoms with E-state index in [1.807, 2.05) is 7.05 Å². The lowest BCUT2D eigenvalue weighted by Gasteiger charge is -2.13. The number of nitrogens with zero attached hydrogens (tertiary/aromatic N) is 2. The van der Waals surface area contributed by atoms with Crippen LogP contribution in [-0.2, 0) is 7.05 Å². The van der Waals surface area contributed by atoms with Gasteiger partial charge in [0.1, 0.15) is 5.82 Å². The van der Waals surface area contributed by atoms with Gasteiger partial charge in [0, 0.05) is 18.5 Å². The zero-order chi connectivity index (χ0) is 14.9. The van der Waals surface area contributed by atoms with E-state index in [2.05, 4.69) is 51.0 Å². The molecule has 2 aromatic rings. The second-order valence-electron chi connectivity index (χ2n) is 5.58. The van der Waals surface area contributed by atoms with Crippen molar-refractivity contribution in [2.24, 2.45) is 7.05 Å². The molecule has 0 saturated carbocycles. The molecule has 0 unspecified atom stereocenters. The molecule has 0 atom stereocenters. The van der Waals surface area contributed by atoms with Crippen LogP contribution < -0.4 is 5.73 Å². The first-order valence-electron chi connectivity index (χ1n) is 7.39. The fourth-order valence-corrected chi connectivity index (χ4v) is 2.71. The fourth-order valence-electron chi connectivity index (χ4n) is 2.71. The molecule has 0 amide bonds. The average molecular weight is 271 g/mol. The van der Waals surface area contributed by atoms with E-state index in [4.69, 9.17) is 5.73 Å².